The number of hydrogen-bond acceptors (Lipinski definition) is 3. The van der Waals surface area contributed by atoms with Crippen molar-refractivity contribution in [2.45, 2.75) is 50.2 Å². The fraction of sp³-hybridized carbons (Fsp3) is 0.533. The summed E-state index contributed by atoms with van der Waals surface area (Å²) in [5.74, 6) is -0.828. The number of aliphatic hydroxyl groups excluding tert-OH is 1. The van der Waals surface area contributed by atoms with Gasteiger partial charge >= 0.3 is 5.97 Å². The highest BCUT2D eigenvalue weighted by molar-refractivity contribution is 9.10. The number of halogens is 1. The lowest BCUT2D eigenvalue weighted by molar-refractivity contribution is -0.150. The SMILES string of the molecule is Cc1ccc(Br)cc1C1C(=O)OC2(CCCC2)C1O. The molecule has 1 N–H and O–H groups in total. The number of hydrogen-bond donors (Lipinski definition) is 1. The lowest BCUT2D eigenvalue weighted by Crippen LogP contribution is -2.38. The third-order valence-corrected chi connectivity index (χ3v) is 4.93. The van der Waals surface area contributed by atoms with E-state index in [4.69, 9.17) is 4.74 Å². The first-order valence-electron chi connectivity index (χ1n) is 6.70. The average molecular weight is 325 g/mol. The summed E-state index contributed by atoms with van der Waals surface area (Å²) in [6.45, 7) is 1.96. The lowest BCUT2D eigenvalue weighted by atomic mass is 9.83. The summed E-state index contributed by atoms with van der Waals surface area (Å²) < 4.78 is 6.50. The highest BCUT2D eigenvalue weighted by atomic mass is 79.9. The molecule has 102 valence electrons. The Bertz CT molecular complexity index is 520. The molecule has 19 heavy (non-hydrogen) atoms. The van der Waals surface area contributed by atoms with E-state index in [2.05, 4.69) is 15.9 Å². The quantitative estimate of drug-likeness (QED) is 0.807. The highest BCUT2D eigenvalue weighted by Gasteiger charge is 2.56. The Morgan fingerprint density at radius 2 is 2.05 bits per heavy atom. The van der Waals surface area contributed by atoms with E-state index in [0.717, 1.165) is 41.3 Å². The van der Waals surface area contributed by atoms with E-state index in [1.54, 1.807) is 0 Å². The first-order valence-corrected chi connectivity index (χ1v) is 7.50. The van der Waals surface area contributed by atoms with Crippen LogP contribution in [0, 0.1) is 6.92 Å². The predicted molar refractivity (Wildman–Crippen MR) is 74.9 cm³/mol. The summed E-state index contributed by atoms with van der Waals surface area (Å²) in [6.07, 6.45) is 2.88. The fourth-order valence-corrected chi connectivity index (χ4v) is 3.75. The molecule has 1 aliphatic heterocycles. The van der Waals surface area contributed by atoms with Gasteiger partial charge in [0.25, 0.3) is 0 Å². The van der Waals surface area contributed by atoms with Crippen LogP contribution in [0.2, 0.25) is 0 Å². The average Bonchev–Trinajstić information content (AvgIpc) is 2.91. The molecule has 1 saturated heterocycles. The van der Waals surface area contributed by atoms with Crippen LogP contribution in [0.4, 0.5) is 0 Å². The van der Waals surface area contributed by atoms with Gasteiger partial charge in [0.1, 0.15) is 17.6 Å². The maximum absolute atomic E-state index is 12.2. The molecule has 2 atom stereocenters. The number of aliphatic hydroxyl groups is 1. The van der Waals surface area contributed by atoms with Gasteiger partial charge in [0.15, 0.2) is 0 Å². The van der Waals surface area contributed by atoms with Crippen molar-refractivity contribution in [2.75, 3.05) is 0 Å². The van der Waals surface area contributed by atoms with Gasteiger partial charge in [0.2, 0.25) is 0 Å². The summed E-state index contributed by atoms with van der Waals surface area (Å²) >= 11 is 3.42. The molecule has 2 aliphatic rings. The molecular formula is C15H17BrO3. The number of rotatable bonds is 1. The highest BCUT2D eigenvalue weighted by Crippen LogP contribution is 2.47. The normalized spacial score (nSPS) is 28.9. The van der Waals surface area contributed by atoms with Gasteiger partial charge in [-0.2, -0.15) is 0 Å². The summed E-state index contributed by atoms with van der Waals surface area (Å²) in [6, 6.07) is 5.81. The molecule has 0 radical (unpaired) electrons. The van der Waals surface area contributed by atoms with Crippen LogP contribution in [0.1, 0.15) is 42.7 Å². The molecule has 1 aromatic carbocycles. The molecule has 3 rings (SSSR count). The van der Waals surface area contributed by atoms with Crippen LogP contribution in [0.15, 0.2) is 22.7 Å². The zero-order chi connectivity index (χ0) is 13.6. The Morgan fingerprint density at radius 1 is 1.37 bits per heavy atom. The van der Waals surface area contributed by atoms with Crippen molar-refractivity contribution in [1.29, 1.82) is 0 Å². The van der Waals surface area contributed by atoms with Crippen molar-refractivity contribution in [3.8, 4) is 0 Å². The first kappa shape index (κ1) is 13.1. The molecule has 0 amide bonds. The van der Waals surface area contributed by atoms with E-state index >= 15 is 0 Å². The maximum atomic E-state index is 12.2. The Hall–Kier alpha value is -0.870. The van der Waals surface area contributed by atoms with Crippen LogP contribution in [0.5, 0.6) is 0 Å². The topological polar surface area (TPSA) is 46.5 Å². The van der Waals surface area contributed by atoms with Gasteiger partial charge in [-0.3, -0.25) is 4.79 Å². The molecule has 1 saturated carbocycles. The van der Waals surface area contributed by atoms with E-state index in [0.29, 0.717) is 0 Å². The molecule has 1 heterocycles. The molecule has 0 aromatic heterocycles. The minimum Gasteiger partial charge on any atom is -0.456 e. The molecule has 1 spiro atoms. The minimum absolute atomic E-state index is 0.282. The third kappa shape index (κ3) is 2.01. The van der Waals surface area contributed by atoms with E-state index in [1.807, 2.05) is 25.1 Å². The van der Waals surface area contributed by atoms with Crippen LogP contribution in [-0.4, -0.2) is 22.8 Å². The number of carbonyl (C=O) groups is 1. The largest absolute Gasteiger partial charge is 0.456 e. The second-order valence-corrected chi connectivity index (χ2v) is 6.53. The summed E-state index contributed by atoms with van der Waals surface area (Å²) in [5, 5.41) is 10.6. The first-order chi connectivity index (χ1) is 9.03. The molecular weight excluding hydrogens is 308 g/mol. The van der Waals surface area contributed by atoms with E-state index < -0.39 is 17.6 Å². The third-order valence-electron chi connectivity index (χ3n) is 4.44. The number of esters is 1. The van der Waals surface area contributed by atoms with E-state index in [1.165, 1.54) is 0 Å². The van der Waals surface area contributed by atoms with Crippen LogP contribution in [0.3, 0.4) is 0 Å². The van der Waals surface area contributed by atoms with Crippen LogP contribution in [-0.2, 0) is 9.53 Å². The molecule has 2 unspecified atom stereocenters. The number of aryl methyl sites for hydroxylation is 1. The van der Waals surface area contributed by atoms with Gasteiger partial charge in [0, 0.05) is 4.47 Å². The van der Waals surface area contributed by atoms with Crippen molar-refractivity contribution in [2.24, 2.45) is 0 Å². The van der Waals surface area contributed by atoms with Crippen LogP contribution >= 0.6 is 15.9 Å². The molecule has 0 bridgehead atoms. The standard InChI is InChI=1S/C15H17BrO3/c1-9-4-5-10(16)8-11(9)12-13(17)15(19-14(12)18)6-2-3-7-15/h4-5,8,12-13,17H,2-3,6-7H2,1H3. The predicted octanol–water partition coefficient (Wildman–Crippen LogP) is 3.07. The summed E-state index contributed by atoms with van der Waals surface area (Å²) in [7, 11) is 0. The van der Waals surface area contributed by atoms with Gasteiger partial charge in [-0.25, -0.2) is 0 Å². The number of ether oxygens (including phenoxy) is 1. The van der Waals surface area contributed by atoms with Gasteiger partial charge in [-0.05, 0) is 55.9 Å². The van der Waals surface area contributed by atoms with E-state index in [9.17, 15) is 9.90 Å². The minimum atomic E-state index is -0.726. The monoisotopic (exact) mass is 324 g/mol. The Kier molecular flexibility index (Phi) is 3.18. The molecule has 2 fully saturated rings. The second kappa shape index (κ2) is 4.60. The summed E-state index contributed by atoms with van der Waals surface area (Å²) in [4.78, 5) is 12.2. The Morgan fingerprint density at radius 3 is 2.74 bits per heavy atom. The van der Waals surface area contributed by atoms with Crippen molar-refractivity contribution >= 4 is 21.9 Å². The zero-order valence-corrected chi connectivity index (χ0v) is 12.4. The molecule has 3 nitrogen and oxygen atoms in total. The van der Waals surface area contributed by atoms with E-state index in [-0.39, 0.29) is 5.97 Å². The number of benzene rings is 1. The van der Waals surface area contributed by atoms with Crippen molar-refractivity contribution in [3.05, 3.63) is 33.8 Å². The smallest absolute Gasteiger partial charge is 0.316 e. The Balaban J connectivity index is 2.01. The molecule has 1 aromatic rings. The molecule has 4 heteroatoms. The summed E-state index contributed by atoms with van der Waals surface area (Å²) in [5.41, 5.74) is 1.26. The van der Waals surface area contributed by atoms with Crippen LogP contribution in [0.25, 0.3) is 0 Å². The zero-order valence-electron chi connectivity index (χ0n) is 10.9. The Labute approximate surface area is 121 Å². The van der Waals surface area contributed by atoms with Crippen molar-refractivity contribution in [1.82, 2.24) is 0 Å². The van der Waals surface area contributed by atoms with Crippen molar-refractivity contribution in [3.63, 3.8) is 0 Å². The lowest BCUT2D eigenvalue weighted by Gasteiger charge is -2.26. The maximum Gasteiger partial charge on any atom is 0.316 e. The van der Waals surface area contributed by atoms with Crippen LogP contribution < -0.4 is 0 Å². The second-order valence-electron chi connectivity index (χ2n) is 5.62. The van der Waals surface area contributed by atoms with Gasteiger partial charge in [0.05, 0.1) is 0 Å². The van der Waals surface area contributed by atoms with Gasteiger partial charge in [-0.15, -0.1) is 0 Å². The fourth-order valence-electron chi connectivity index (χ4n) is 3.37. The van der Waals surface area contributed by atoms with Crippen molar-refractivity contribution < 1.29 is 14.6 Å². The number of carbonyl (C=O) groups excluding carboxylic acids is 1. The van der Waals surface area contributed by atoms with Gasteiger partial charge < -0.3 is 9.84 Å². The van der Waals surface area contributed by atoms with Gasteiger partial charge in [-0.1, -0.05) is 22.0 Å². The molecule has 1 aliphatic carbocycles.